The van der Waals surface area contributed by atoms with Crippen molar-refractivity contribution in [2.24, 2.45) is 0 Å². The molecular weight excluding hydrogens is 335 g/mol. The Morgan fingerprint density at radius 1 is 0.667 bits per heavy atom. The highest BCUT2D eigenvalue weighted by molar-refractivity contribution is 6.27. The van der Waals surface area contributed by atoms with Gasteiger partial charge in [-0.15, -0.1) is 23.2 Å². The molecule has 0 saturated heterocycles. The van der Waals surface area contributed by atoms with Crippen LogP contribution in [0.2, 0.25) is 0 Å². The van der Waals surface area contributed by atoms with Gasteiger partial charge in [-0.3, -0.25) is 0 Å². The van der Waals surface area contributed by atoms with E-state index in [9.17, 15) is 0 Å². The van der Waals surface area contributed by atoms with Gasteiger partial charge in [0.25, 0.3) is 0 Å². The number of hydrogen-bond donors (Lipinski definition) is 0. The second kappa shape index (κ2) is 5.51. The Kier molecular flexibility index (Phi) is 3.67. The number of fused-ring (bicyclic) bond motifs is 2. The zero-order chi connectivity index (χ0) is 16.9. The minimum Gasteiger partial charge on any atom is -0.109 e. The molecule has 2 heteroatoms. The zero-order valence-electron chi connectivity index (χ0n) is 13.9. The summed E-state index contributed by atoms with van der Waals surface area (Å²) in [5.41, 5.74) is 7.44. The maximum atomic E-state index is 6.89. The van der Waals surface area contributed by atoms with Crippen LogP contribution < -0.4 is 0 Å². The summed E-state index contributed by atoms with van der Waals surface area (Å²) in [4.78, 5) is -0.823. The molecule has 0 fully saturated rings. The molecule has 2 unspecified atom stereocenters. The highest BCUT2D eigenvalue weighted by Crippen LogP contribution is 2.50. The molecule has 0 bridgehead atoms. The highest BCUT2D eigenvalue weighted by Gasteiger charge is 2.38. The van der Waals surface area contributed by atoms with Crippen LogP contribution in [0, 0.1) is 0 Å². The minimum absolute atomic E-state index is 0.411. The molecule has 0 nitrogen and oxygen atoms in total. The fourth-order valence-corrected chi connectivity index (χ4v) is 4.62. The number of benzene rings is 2. The smallest absolute Gasteiger partial charge is 0.0885 e. The fraction of sp³-hybridized carbons (Fsp3) is 0.273. The van der Waals surface area contributed by atoms with E-state index >= 15 is 0 Å². The van der Waals surface area contributed by atoms with Crippen molar-refractivity contribution in [1.82, 2.24) is 0 Å². The molecule has 122 valence electrons. The molecule has 2 aromatic rings. The normalized spacial score (nSPS) is 27.5. The van der Waals surface area contributed by atoms with E-state index in [4.69, 9.17) is 23.2 Å². The molecule has 24 heavy (non-hydrogen) atoms. The molecule has 0 aromatic heterocycles. The summed E-state index contributed by atoms with van der Waals surface area (Å²) in [5, 5.41) is 0. The fourth-order valence-electron chi connectivity index (χ4n) is 3.98. The number of hydrogen-bond acceptors (Lipinski definition) is 0. The molecular formula is C22H20Cl2. The van der Waals surface area contributed by atoms with E-state index in [2.05, 4.69) is 74.5 Å². The summed E-state index contributed by atoms with van der Waals surface area (Å²) >= 11 is 13.8. The van der Waals surface area contributed by atoms with Gasteiger partial charge in [-0.25, -0.2) is 0 Å². The van der Waals surface area contributed by atoms with Crippen LogP contribution >= 0.6 is 23.2 Å². The lowest BCUT2D eigenvalue weighted by Crippen LogP contribution is -2.16. The lowest BCUT2D eigenvalue weighted by atomic mass is 9.89. The third-order valence-corrected chi connectivity index (χ3v) is 6.36. The second-order valence-corrected chi connectivity index (χ2v) is 8.53. The van der Waals surface area contributed by atoms with Gasteiger partial charge in [0.05, 0.1) is 9.75 Å². The van der Waals surface area contributed by atoms with Gasteiger partial charge in [0.15, 0.2) is 0 Å². The van der Waals surface area contributed by atoms with Crippen LogP contribution in [0.4, 0.5) is 0 Å². The third-order valence-electron chi connectivity index (χ3n) is 5.46. The zero-order valence-corrected chi connectivity index (χ0v) is 15.5. The van der Waals surface area contributed by atoms with Crippen molar-refractivity contribution in [2.75, 3.05) is 0 Å². The van der Waals surface area contributed by atoms with Gasteiger partial charge in [0.1, 0.15) is 0 Å². The van der Waals surface area contributed by atoms with Crippen molar-refractivity contribution in [3.05, 3.63) is 81.9 Å². The molecule has 2 atom stereocenters. The largest absolute Gasteiger partial charge is 0.109 e. The van der Waals surface area contributed by atoms with Crippen LogP contribution in [0.15, 0.2) is 59.7 Å². The van der Waals surface area contributed by atoms with Crippen LogP contribution in [-0.2, 0) is 9.75 Å². The molecule has 0 heterocycles. The Balaban J connectivity index is 1.58. The first-order valence-corrected chi connectivity index (χ1v) is 9.15. The molecule has 0 radical (unpaired) electrons. The Hall–Kier alpha value is -1.50. The van der Waals surface area contributed by atoms with E-state index in [1.165, 1.54) is 33.4 Å². The first kappa shape index (κ1) is 16.0. The van der Waals surface area contributed by atoms with Crippen molar-refractivity contribution in [2.45, 2.75) is 36.4 Å². The summed E-state index contributed by atoms with van der Waals surface area (Å²) < 4.78 is 0. The summed E-state index contributed by atoms with van der Waals surface area (Å²) in [7, 11) is 0. The summed E-state index contributed by atoms with van der Waals surface area (Å²) in [6, 6.07) is 16.8. The van der Waals surface area contributed by atoms with Crippen LogP contribution in [-0.4, -0.2) is 0 Å². The van der Waals surface area contributed by atoms with Crippen molar-refractivity contribution in [3.8, 4) is 0 Å². The van der Waals surface area contributed by atoms with Crippen molar-refractivity contribution >= 4 is 35.4 Å². The van der Waals surface area contributed by atoms with Gasteiger partial charge in [-0.05, 0) is 60.1 Å². The Morgan fingerprint density at radius 2 is 1.04 bits per heavy atom. The maximum Gasteiger partial charge on any atom is 0.0885 e. The van der Waals surface area contributed by atoms with Crippen molar-refractivity contribution in [1.29, 1.82) is 0 Å². The third kappa shape index (κ3) is 2.36. The second-order valence-electron chi connectivity index (χ2n) is 7.02. The summed E-state index contributed by atoms with van der Waals surface area (Å²) in [6.07, 6.45) is 6.35. The predicted molar refractivity (Wildman–Crippen MR) is 104 cm³/mol. The molecule has 0 spiro atoms. The van der Waals surface area contributed by atoms with Crippen molar-refractivity contribution < 1.29 is 0 Å². The van der Waals surface area contributed by atoms with E-state index in [0.717, 1.165) is 12.8 Å². The average Bonchev–Trinajstić information content (AvgIpc) is 2.97. The Labute approximate surface area is 153 Å². The number of allylic oxidation sites excluding steroid dienone is 2. The minimum atomic E-state index is -0.411. The van der Waals surface area contributed by atoms with Gasteiger partial charge in [-0.1, -0.05) is 60.7 Å². The van der Waals surface area contributed by atoms with E-state index in [0.29, 0.717) is 0 Å². The van der Waals surface area contributed by atoms with Gasteiger partial charge in [0, 0.05) is 0 Å². The van der Waals surface area contributed by atoms with Crippen LogP contribution in [0.1, 0.15) is 48.9 Å². The summed E-state index contributed by atoms with van der Waals surface area (Å²) in [6.45, 7) is 4.20. The highest BCUT2D eigenvalue weighted by atomic mass is 35.5. The molecule has 0 saturated carbocycles. The molecule has 0 amide bonds. The van der Waals surface area contributed by atoms with Gasteiger partial charge in [-0.2, -0.15) is 0 Å². The average molecular weight is 355 g/mol. The van der Waals surface area contributed by atoms with Gasteiger partial charge in [0.2, 0.25) is 0 Å². The Bertz CT molecular complexity index is 796. The van der Waals surface area contributed by atoms with E-state index in [-0.39, 0.29) is 0 Å². The maximum absolute atomic E-state index is 6.89. The van der Waals surface area contributed by atoms with Crippen LogP contribution in [0.25, 0.3) is 12.2 Å². The molecule has 0 aliphatic heterocycles. The topological polar surface area (TPSA) is 0 Å². The summed E-state index contributed by atoms with van der Waals surface area (Å²) in [5.74, 6) is 0. The van der Waals surface area contributed by atoms with Gasteiger partial charge < -0.3 is 0 Å². The van der Waals surface area contributed by atoms with E-state index in [1.807, 2.05) is 0 Å². The number of alkyl halides is 2. The first-order chi connectivity index (χ1) is 11.4. The predicted octanol–water partition coefficient (Wildman–Crippen LogP) is 6.87. The molecule has 2 aliphatic carbocycles. The monoisotopic (exact) mass is 354 g/mol. The SMILES string of the molecule is CC1(Cl)C(CCC2=Cc3ccccc3C2(C)Cl)=Cc2ccccc21. The van der Waals surface area contributed by atoms with E-state index < -0.39 is 9.75 Å². The van der Waals surface area contributed by atoms with Crippen LogP contribution in [0.3, 0.4) is 0 Å². The first-order valence-electron chi connectivity index (χ1n) is 8.39. The van der Waals surface area contributed by atoms with Gasteiger partial charge >= 0.3 is 0 Å². The lowest BCUT2D eigenvalue weighted by molar-refractivity contribution is 0.706. The Morgan fingerprint density at radius 3 is 1.42 bits per heavy atom. The van der Waals surface area contributed by atoms with E-state index in [1.54, 1.807) is 0 Å². The van der Waals surface area contributed by atoms with Crippen molar-refractivity contribution in [3.63, 3.8) is 0 Å². The molecule has 4 rings (SSSR count). The lowest BCUT2D eigenvalue weighted by Gasteiger charge is -2.25. The molecule has 0 N–H and O–H groups in total. The number of rotatable bonds is 3. The molecule has 2 aliphatic rings. The molecule has 2 aromatic carbocycles. The number of halogens is 2. The quantitative estimate of drug-likeness (QED) is 0.527. The standard InChI is InChI=1S/C22H20Cl2/c1-21(23)17(13-15-7-3-5-9-19(15)21)11-12-18-14-16-8-4-6-10-20(16)22(18,2)24/h3-10,13-14H,11-12H2,1-2H3. The van der Waals surface area contributed by atoms with Crippen LogP contribution in [0.5, 0.6) is 0 Å².